The van der Waals surface area contributed by atoms with Gasteiger partial charge in [0.05, 0.1) is 12.2 Å². The lowest BCUT2D eigenvalue weighted by atomic mass is 10.3. The number of thiazole rings is 1. The summed E-state index contributed by atoms with van der Waals surface area (Å²) in [6.07, 6.45) is 5.98. The number of hydrogen-bond donors (Lipinski definition) is 2. The zero-order valence-electron chi connectivity index (χ0n) is 8.66. The minimum absolute atomic E-state index is 0.749. The molecule has 0 aliphatic rings. The van der Waals surface area contributed by atoms with E-state index in [0.29, 0.717) is 0 Å². The van der Waals surface area contributed by atoms with Crippen molar-refractivity contribution in [2.24, 2.45) is 0 Å². The van der Waals surface area contributed by atoms with Crippen LogP contribution in [0.3, 0.4) is 0 Å². The maximum Gasteiger partial charge on any atom is 0.183 e. The van der Waals surface area contributed by atoms with Crippen molar-refractivity contribution < 1.29 is 0 Å². The number of nitrogens with one attached hydrogen (secondary N) is 2. The maximum absolute atomic E-state index is 4.31. The average molecular weight is 222 g/mol. The quantitative estimate of drug-likeness (QED) is 0.817. The Hall–Kier alpha value is -1.36. The summed E-state index contributed by atoms with van der Waals surface area (Å²) in [5, 5.41) is 11.0. The molecular weight excluding hydrogens is 208 g/mol. The van der Waals surface area contributed by atoms with E-state index in [2.05, 4.69) is 27.4 Å². The molecule has 0 unspecified atom stereocenters. The van der Waals surface area contributed by atoms with Crippen molar-refractivity contribution in [3.63, 3.8) is 0 Å². The molecule has 80 valence electrons. The van der Waals surface area contributed by atoms with Gasteiger partial charge < -0.3 is 5.32 Å². The van der Waals surface area contributed by atoms with E-state index in [0.717, 1.165) is 23.8 Å². The predicted molar refractivity (Wildman–Crippen MR) is 62.0 cm³/mol. The molecule has 5 heteroatoms. The van der Waals surface area contributed by atoms with Crippen molar-refractivity contribution in [2.75, 3.05) is 5.32 Å². The summed E-state index contributed by atoms with van der Waals surface area (Å²) < 4.78 is 0. The van der Waals surface area contributed by atoms with E-state index in [1.54, 1.807) is 17.5 Å². The summed E-state index contributed by atoms with van der Waals surface area (Å²) in [7, 11) is 0. The van der Waals surface area contributed by atoms with Gasteiger partial charge >= 0.3 is 0 Å². The third-order valence-corrected chi connectivity index (χ3v) is 3.05. The fraction of sp³-hybridized carbons (Fsp3) is 0.400. The lowest BCUT2D eigenvalue weighted by molar-refractivity contribution is 0.936. The highest BCUT2D eigenvalue weighted by atomic mass is 32.1. The fourth-order valence-corrected chi connectivity index (χ4v) is 2.21. The van der Waals surface area contributed by atoms with E-state index in [-0.39, 0.29) is 0 Å². The Labute approximate surface area is 92.8 Å². The van der Waals surface area contributed by atoms with Crippen LogP contribution in [0.15, 0.2) is 18.5 Å². The van der Waals surface area contributed by atoms with Gasteiger partial charge in [0.1, 0.15) is 0 Å². The van der Waals surface area contributed by atoms with Crippen LogP contribution in [-0.4, -0.2) is 15.2 Å². The van der Waals surface area contributed by atoms with Crippen molar-refractivity contribution in [2.45, 2.75) is 26.3 Å². The lowest BCUT2D eigenvalue weighted by Gasteiger charge is -1.98. The molecule has 2 N–H and O–H groups in total. The van der Waals surface area contributed by atoms with Crippen LogP contribution in [0.4, 0.5) is 5.13 Å². The topological polar surface area (TPSA) is 53.6 Å². The molecule has 2 aromatic heterocycles. The summed E-state index contributed by atoms with van der Waals surface area (Å²) >= 11 is 1.72. The van der Waals surface area contributed by atoms with Gasteiger partial charge in [0.2, 0.25) is 0 Å². The molecule has 0 saturated heterocycles. The number of rotatable bonds is 5. The number of nitrogens with zero attached hydrogens (tertiary/aromatic N) is 2. The van der Waals surface area contributed by atoms with Crippen molar-refractivity contribution in [1.82, 2.24) is 15.2 Å². The van der Waals surface area contributed by atoms with E-state index in [9.17, 15) is 0 Å². The monoisotopic (exact) mass is 222 g/mol. The number of aromatic nitrogens is 3. The number of anilines is 1. The second kappa shape index (κ2) is 4.93. The summed E-state index contributed by atoms with van der Waals surface area (Å²) in [4.78, 5) is 5.64. The number of H-pyrrole nitrogens is 1. The van der Waals surface area contributed by atoms with Gasteiger partial charge in [-0.25, -0.2) is 4.98 Å². The van der Waals surface area contributed by atoms with Crippen LogP contribution in [0.5, 0.6) is 0 Å². The summed E-state index contributed by atoms with van der Waals surface area (Å²) in [5.74, 6) is 0. The maximum atomic E-state index is 4.31. The van der Waals surface area contributed by atoms with Crippen LogP contribution in [0, 0.1) is 0 Å². The van der Waals surface area contributed by atoms with Gasteiger partial charge in [-0.2, -0.15) is 5.10 Å². The van der Waals surface area contributed by atoms with Crippen LogP contribution in [0.25, 0.3) is 0 Å². The summed E-state index contributed by atoms with van der Waals surface area (Å²) in [5.41, 5.74) is 1.07. The Morgan fingerprint density at radius 1 is 1.53 bits per heavy atom. The molecule has 0 amide bonds. The molecule has 0 atom stereocenters. The molecule has 2 heterocycles. The Morgan fingerprint density at radius 3 is 3.20 bits per heavy atom. The van der Waals surface area contributed by atoms with Crippen LogP contribution in [0.1, 0.15) is 23.9 Å². The van der Waals surface area contributed by atoms with Crippen molar-refractivity contribution in [3.05, 3.63) is 29.0 Å². The molecule has 2 aromatic rings. The molecule has 15 heavy (non-hydrogen) atoms. The van der Waals surface area contributed by atoms with Gasteiger partial charge in [-0.3, -0.25) is 5.10 Å². The number of hydrogen-bond acceptors (Lipinski definition) is 4. The van der Waals surface area contributed by atoms with E-state index in [1.807, 2.05) is 12.3 Å². The fourth-order valence-electron chi connectivity index (χ4n) is 1.31. The standard InChI is InChI=1S/C10H14N4S/c1-2-3-9-7-12-10(15-9)11-6-8-4-5-13-14-8/h4-5,7H,2-3,6H2,1H3,(H,11,12)(H,13,14). The van der Waals surface area contributed by atoms with Gasteiger partial charge in [-0.15, -0.1) is 11.3 Å². The Morgan fingerprint density at radius 2 is 2.47 bits per heavy atom. The van der Waals surface area contributed by atoms with Crippen LogP contribution in [-0.2, 0) is 13.0 Å². The van der Waals surface area contributed by atoms with Crippen LogP contribution < -0.4 is 5.32 Å². The van der Waals surface area contributed by atoms with Crippen LogP contribution >= 0.6 is 11.3 Å². The Kier molecular flexibility index (Phi) is 3.34. The first-order valence-electron chi connectivity index (χ1n) is 5.05. The summed E-state index contributed by atoms with van der Waals surface area (Å²) in [6.45, 7) is 2.93. The molecule has 0 saturated carbocycles. The first-order chi connectivity index (χ1) is 7.38. The molecular formula is C10H14N4S. The van der Waals surface area contributed by atoms with Gasteiger partial charge in [-0.05, 0) is 12.5 Å². The SMILES string of the molecule is CCCc1cnc(NCc2ccn[nH]2)s1. The van der Waals surface area contributed by atoms with Gasteiger partial charge in [0.25, 0.3) is 0 Å². The minimum Gasteiger partial charge on any atom is -0.356 e. The molecule has 4 nitrogen and oxygen atoms in total. The van der Waals surface area contributed by atoms with E-state index < -0.39 is 0 Å². The Balaban J connectivity index is 1.88. The van der Waals surface area contributed by atoms with E-state index in [1.165, 1.54) is 11.3 Å². The van der Waals surface area contributed by atoms with Crippen molar-refractivity contribution >= 4 is 16.5 Å². The highest BCUT2D eigenvalue weighted by Gasteiger charge is 2.00. The normalized spacial score (nSPS) is 10.5. The molecule has 0 aliphatic carbocycles. The van der Waals surface area contributed by atoms with Gasteiger partial charge in [0.15, 0.2) is 5.13 Å². The van der Waals surface area contributed by atoms with E-state index >= 15 is 0 Å². The lowest BCUT2D eigenvalue weighted by Crippen LogP contribution is -1.98. The molecule has 0 aromatic carbocycles. The van der Waals surface area contributed by atoms with Gasteiger partial charge in [0, 0.05) is 17.3 Å². The molecule has 0 aliphatic heterocycles. The average Bonchev–Trinajstić information content (AvgIpc) is 2.85. The Bertz CT molecular complexity index is 393. The van der Waals surface area contributed by atoms with Crippen molar-refractivity contribution in [1.29, 1.82) is 0 Å². The third-order valence-electron chi connectivity index (χ3n) is 2.04. The predicted octanol–water partition coefficient (Wildman–Crippen LogP) is 2.43. The van der Waals surface area contributed by atoms with Crippen LogP contribution in [0.2, 0.25) is 0 Å². The smallest absolute Gasteiger partial charge is 0.183 e. The number of aryl methyl sites for hydroxylation is 1. The molecule has 0 spiro atoms. The third kappa shape index (κ3) is 2.79. The highest BCUT2D eigenvalue weighted by Crippen LogP contribution is 2.19. The summed E-state index contributed by atoms with van der Waals surface area (Å²) in [6, 6.07) is 1.95. The zero-order chi connectivity index (χ0) is 10.5. The molecule has 0 fully saturated rings. The number of aromatic amines is 1. The zero-order valence-corrected chi connectivity index (χ0v) is 9.47. The van der Waals surface area contributed by atoms with Crippen molar-refractivity contribution in [3.8, 4) is 0 Å². The molecule has 0 bridgehead atoms. The van der Waals surface area contributed by atoms with E-state index in [4.69, 9.17) is 0 Å². The second-order valence-electron chi connectivity index (χ2n) is 3.32. The minimum atomic E-state index is 0.749. The first kappa shape index (κ1) is 10.2. The molecule has 0 radical (unpaired) electrons. The first-order valence-corrected chi connectivity index (χ1v) is 5.87. The van der Waals surface area contributed by atoms with Gasteiger partial charge in [-0.1, -0.05) is 13.3 Å². The second-order valence-corrected chi connectivity index (χ2v) is 4.43. The largest absolute Gasteiger partial charge is 0.356 e. The molecule has 2 rings (SSSR count). The highest BCUT2D eigenvalue weighted by molar-refractivity contribution is 7.15.